The molecule has 3 N–H and O–H groups in total. The third-order valence-electron chi connectivity index (χ3n) is 5.30. The topological polar surface area (TPSA) is 80.0 Å². The molecule has 2 fully saturated rings. The molecule has 0 radical (unpaired) electrons. The molecule has 0 aromatic rings. The van der Waals surface area contributed by atoms with Crippen LogP contribution < -0.4 is 11.1 Å². The summed E-state index contributed by atoms with van der Waals surface area (Å²) in [7, 11) is 1.71. The molecular weight excluding hydrogens is 280 g/mol. The molecule has 6 heteroatoms. The Labute approximate surface area is 132 Å². The Morgan fingerprint density at radius 3 is 2.73 bits per heavy atom. The smallest absolute Gasteiger partial charge is 0.259 e. The lowest BCUT2D eigenvalue weighted by molar-refractivity contribution is -0.134. The molecule has 2 unspecified atom stereocenters. The second-order valence-corrected chi connectivity index (χ2v) is 7.00. The van der Waals surface area contributed by atoms with Gasteiger partial charge in [0.05, 0.1) is 12.7 Å². The highest BCUT2D eigenvalue weighted by atomic mass is 16.5. The average molecular weight is 308 g/mol. The summed E-state index contributed by atoms with van der Waals surface area (Å²) in [5, 5.41) is 3.29. The van der Waals surface area contributed by atoms with E-state index in [-0.39, 0.29) is 12.0 Å². The van der Waals surface area contributed by atoms with Gasteiger partial charge in [0.2, 0.25) is 0 Å². The summed E-state index contributed by atoms with van der Waals surface area (Å²) in [6.45, 7) is 2.21. The molecule has 0 spiro atoms. The largest absolute Gasteiger partial charge is 0.374 e. The van der Waals surface area contributed by atoms with Gasteiger partial charge in [-0.3, -0.25) is 9.69 Å². The van der Waals surface area contributed by atoms with Gasteiger partial charge in [-0.1, -0.05) is 32.1 Å². The number of likely N-dealkylation sites (N-methyl/N-ethyl adjacent to an activating group) is 1. The minimum absolute atomic E-state index is 0.00142. The van der Waals surface area contributed by atoms with Gasteiger partial charge in [-0.2, -0.15) is 0 Å². The van der Waals surface area contributed by atoms with Crippen molar-refractivity contribution in [1.82, 2.24) is 10.2 Å². The van der Waals surface area contributed by atoms with Gasteiger partial charge in [-0.15, -0.1) is 0 Å². The number of nitrogens with two attached hydrogens (primary N) is 1. The molecule has 1 aliphatic carbocycles. The van der Waals surface area contributed by atoms with Crippen molar-refractivity contribution in [3.63, 3.8) is 0 Å². The van der Waals surface area contributed by atoms with Gasteiger partial charge < -0.3 is 15.8 Å². The number of aliphatic imine (C=N–C) groups is 1. The molecule has 124 valence electrons. The number of nitrogens with zero attached hydrogens (tertiary/aromatic N) is 2. The Morgan fingerprint density at radius 1 is 1.36 bits per heavy atom. The lowest BCUT2D eigenvalue weighted by Gasteiger charge is -2.31. The number of hydrogen-bond donors (Lipinski definition) is 2. The first-order valence-corrected chi connectivity index (χ1v) is 8.56. The first-order valence-electron chi connectivity index (χ1n) is 8.56. The van der Waals surface area contributed by atoms with Crippen molar-refractivity contribution in [1.29, 1.82) is 0 Å². The van der Waals surface area contributed by atoms with Gasteiger partial charge in [-0.25, -0.2) is 4.99 Å². The first-order chi connectivity index (χ1) is 10.6. The Bertz CT molecular complexity index is 441. The van der Waals surface area contributed by atoms with Gasteiger partial charge >= 0.3 is 0 Å². The van der Waals surface area contributed by atoms with E-state index in [0.29, 0.717) is 18.5 Å². The number of guanidine groups is 1. The van der Waals surface area contributed by atoms with Gasteiger partial charge in [0.15, 0.2) is 11.5 Å². The summed E-state index contributed by atoms with van der Waals surface area (Å²) >= 11 is 0. The van der Waals surface area contributed by atoms with E-state index < -0.39 is 5.54 Å². The summed E-state index contributed by atoms with van der Waals surface area (Å²) in [5.74, 6) is 0.890. The van der Waals surface area contributed by atoms with Crippen LogP contribution in [0, 0.1) is 5.92 Å². The fraction of sp³-hybridized carbons (Fsp3) is 0.875. The first kappa shape index (κ1) is 15.7. The van der Waals surface area contributed by atoms with Gasteiger partial charge in [-0.05, 0) is 25.3 Å². The monoisotopic (exact) mass is 308 g/mol. The highest BCUT2D eigenvalue weighted by Crippen LogP contribution is 2.36. The molecule has 22 heavy (non-hydrogen) atoms. The van der Waals surface area contributed by atoms with Crippen LogP contribution in [0.4, 0.5) is 0 Å². The van der Waals surface area contributed by atoms with E-state index in [1.54, 1.807) is 7.05 Å². The van der Waals surface area contributed by atoms with Crippen molar-refractivity contribution in [2.45, 2.75) is 56.6 Å². The van der Waals surface area contributed by atoms with E-state index in [0.717, 1.165) is 25.9 Å². The fourth-order valence-corrected chi connectivity index (χ4v) is 3.94. The van der Waals surface area contributed by atoms with E-state index in [9.17, 15) is 4.79 Å². The molecular formula is C16H28N4O2. The van der Waals surface area contributed by atoms with Crippen molar-refractivity contribution in [2.75, 3.05) is 26.7 Å². The molecule has 2 aliphatic heterocycles. The van der Waals surface area contributed by atoms with Crippen molar-refractivity contribution >= 4 is 11.9 Å². The maximum absolute atomic E-state index is 12.8. The summed E-state index contributed by atoms with van der Waals surface area (Å²) in [4.78, 5) is 18.8. The SMILES string of the molecule is CN1C(=O)C(COC2CCNC2)(CC2CCCCC2)N=C1N. The Hall–Kier alpha value is -1.14. The molecule has 0 aromatic heterocycles. The summed E-state index contributed by atoms with van der Waals surface area (Å²) in [6.07, 6.45) is 8.19. The predicted octanol–water partition coefficient (Wildman–Crippen LogP) is 0.861. The molecule has 0 aromatic carbocycles. The van der Waals surface area contributed by atoms with E-state index in [2.05, 4.69) is 10.3 Å². The molecule has 3 rings (SSSR count). The molecule has 3 aliphatic rings. The second-order valence-electron chi connectivity index (χ2n) is 7.00. The third-order valence-corrected chi connectivity index (χ3v) is 5.30. The van der Waals surface area contributed by atoms with Crippen molar-refractivity contribution in [2.24, 2.45) is 16.6 Å². The lowest BCUT2D eigenvalue weighted by Crippen LogP contribution is -2.47. The zero-order chi connectivity index (χ0) is 15.6. The molecule has 1 saturated carbocycles. The van der Waals surface area contributed by atoms with E-state index >= 15 is 0 Å². The van der Waals surface area contributed by atoms with Crippen molar-refractivity contribution in [3.05, 3.63) is 0 Å². The van der Waals surface area contributed by atoms with Crippen molar-refractivity contribution < 1.29 is 9.53 Å². The van der Waals surface area contributed by atoms with Crippen molar-refractivity contribution in [3.8, 4) is 0 Å². The molecule has 6 nitrogen and oxygen atoms in total. The van der Waals surface area contributed by atoms with Crippen LogP contribution in [-0.2, 0) is 9.53 Å². The minimum atomic E-state index is -0.788. The van der Waals surface area contributed by atoms with Gasteiger partial charge in [0.1, 0.15) is 0 Å². The standard InChI is InChI=1S/C16H28N4O2/c1-20-14(21)16(19-15(20)17,9-12-5-3-2-4-6-12)11-22-13-7-8-18-10-13/h12-13,18H,2-11H2,1H3,(H2,17,19). The van der Waals surface area contributed by atoms with Crippen LogP contribution >= 0.6 is 0 Å². The Morgan fingerprint density at radius 2 is 2.14 bits per heavy atom. The number of rotatable bonds is 5. The third kappa shape index (κ3) is 3.13. The Kier molecular flexibility index (Phi) is 4.68. The average Bonchev–Trinajstić information content (AvgIpc) is 3.11. The predicted molar refractivity (Wildman–Crippen MR) is 85.5 cm³/mol. The number of ether oxygens (including phenoxy) is 1. The van der Waals surface area contributed by atoms with Crippen LogP contribution in [0.1, 0.15) is 44.9 Å². The van der Waals surface area contributed by atoms with Gasteiger partial charge in [0.25, 0.3) is 5.91 Å². The van der Waals surface area contributed by atoms with Gasteiger partial charge in [0, 0.05) is 13.6 Å². The minimum Gasteiger partial charge on any atom is -0.374 e. The Balaban J connectivity index is 1.71. The maximum atomic E-state index is 12.8. The van der Waals surface area contributed by atoms with Crippen LogP contribution in [0.2, 0.25) is 0 Å². The molecule has 1 saturated heterocycles. The van der Waals surface area contributed by atoms with Crippen LogP contribution in [0.5, 0.6) is 0 Å². The molecule has 0 bridgehead atoms. The number of carbonyl (C=O) groups is 1. The van der Waals surface area contributed by atoms with Crippen LogP contribution in [-0.4, -0.2) is 55.2 Å². The van der Waals surface area contributed by atoms with Crippen LogP contribution in [0.3, 0.4) is 0 Å². The summed E-state index contributed by atoms with van der Waals surface area (Å²) in [6, 6.07) is 0. The summed E-state index contributed by atoms with van der Waals surface area (Å²) < 4.78 is 6.03. The van der Waals surface area contributed by atoms with E-state index in [1.807, 2.05) is 0 Å². The van der Waals surface area contributed by atoms with E-state index in [1.165, 1.54) is 37.0 Å². The second kappa shape index (κ2) is 6.54. The zero-order valence-electron chi connectivity index (χ0n) is 13.5. The maximum Gasteiger partial charge on any atom is 0.259 e. The lowest BCUT2D eigenvalue weighted by atomic mass is 9.79. The number of carbonyl (C=O) groups excluding carboxylic acids is 1. The van der Waals surface area contributed by atoms with Crippen LogP contribution in [0.25, 0.3) is 0 Å². The highest BCUT2D eigenvalue weighted by molar-refractivity contribution is 6.06. The van der Waals surface area contributed by atoms with Crippen LogP contribution in [0.15, 0.2) is 4.99 Å². The molecule has 2 atom stereocenters. The molecule has 2 heterocycles. The quantitative estimate of drug-likeness (QED) is 0.789. The zero-order valence-corrected chi connectivity index (χ0v) is 13.5. The molecule has 1 amide bonds. The number of amides is 1. The normalized spacial score (nSPS) is 33.5. The number of hydrogen-bond acceptors (Lipinski definition) is 5. The van der Waals surface area contributed by atoms with E-state index in [4.69, 9.17) is 10.5 Å². The highest BCUT2D eigenvalue weighted by Gasteiger charge is 2.48. The number of nitrogens with one attached hydrogen (secondary N) is 1. The summed E-state index contributed by atoms with van der Waals surface area (Å²) in [5.41, 5.74) is 5.13. The fourth-order valence-electron chi connectivity index (χ4n) is 3.94.